The smallest absolute Gasteiger partial charge is 0.244 e. The minimum atomic E-state index is -3.51. The van der Waals surface area contributed by atoms with Crippen LogP contribution in [0.5, 0.6) is 5.75 Å². The van der Waals surface area contributed by atoms with E-state index in [0.29, 0.717) is 12.3 Å². The molecule has 2 rings (SSSR count). The molecule has 0 aromatic heterocycles. The van der Waals surface area contributed by atoms with Crippen LogP contribution in [0.4, 0.5) is 0 Å². The van der Waals surface area contributed by atoms with E-state index < -0.39 is 10.0 Å². The van der Waals surface area contributed by atoms with Gasteiger partial charge in [-0.2, -0.15) is 0 Å². The highest BCUT2D eigenvalue weighted by atomic mass is 32.2. The first-order valence-electron chi connectivity index (χ1n) is 7.51. The summed E-state index contributed by atoms with van der Waals surface area (Å²) in [6.07, 6.45) is 3.45. The monoisotopic (exact) mass is 313 g/mol. The minimum Gasteiger partial charge on any atom is -0.495 e. The summed E-state index contributed by atoms with van der Waals surface area (Å²) in [4.78, 5) is 1.81. The fourth-order valence-electron chi connectivity index (χ4n) is 2.74. The molecule has 1 aliphatic rings. The standard InChI is InChI=1S/C15H24N2O3S/c1-13-6-7-14(20-2)15(12-13)21(18,19)16-8-5-11-17-9-3-4-10-17/h6-7,12,16H,3-5,8-11H2,1-2H3/p+1. The van der Waals surface area contributed by atoms with E-state index >= 15 is 0 Å². The molecule has 1 fully saturated rings. The van der Waals surface area contributed by atoms with Gasteiger partial charge in [0.2, 0.25) is 10.0 Å². The van der Waals surface area contributed by atoms with Crippen molar-refractivity contribution in [2.24, 2.45) is 0 Å². The molecule has 0 spiro atoms. The number of sulfonamides is 1. The molecule has 118 valence electrons. The summed E-state index contributed by atoms with van der Waals surface area (Å²) in [5.41, 5.74) is 0.901. The molecular formula is C15H25N2O3S+. The fraction of sp³-hybridized carbons (Fsp3) is 0.600. The number of ether oxygens (including phenoxy) is 1. The number of aryl methyl sites for hydroxylation is 1. The SMILES string of the molecule is COc1ccc(C)cc1S(=O)(=O)NCCC[NH+]1CCCC1. The van der Waals surface area contributed by atoms with Crippen molar-refractivity contribution in [2.75, 3.05) is 33.3 Å². The summed E-state index contributed by atoms with van der Waals surface area (Å²) < 4.78 is 32.6. The quantitative estimate of drug-likeness (QED) is 0.714. The Balaban J connectivity index is 1.93. The molecule has 0 bridgehead atoms. The van der Waals surface area contributed by atoms with Gasteiger partial charge in [-0.1, -0.05) is 6.07 Å². The summed E-state index contributed by atoms with van der Waals surface area (Å²) in [5.74, 6) is 0.387. The van der Waals surface area contributed by atoms with E-state index in [9.17, 15) is 8.42 Å². The summed E-state index contributed by atoms with van der Waals surface area (Å²) in [5, 5.41) is 0. The van der Waals surface area contributed by atoms with Crippen molar-refractivity contribution in [3.63, 3.8) is 0 Å². The molecule has 0 aliphatic carbocycles. The maximum absolute atomic E-state index is 12.4. The van der Waals surface area contributed by atoms with Crippen molar-refractivity contribution < 1.29 is 18.1 Å². The van der Waals surface area contributed by atoms with Crippen LogP contribution in [0.3, 0.4) is 0 Å². The van der Waals surface area contributed by atoms with Crippen LogP contribution in [0, 0.1) is 6.92 Å². The van der Waals surface area contributed by atoms with E-state index in [-0.39, 0.29) is 4.90 Å². The molecule has 1 aromatic rings. The molecule has 0 amide bonds. The molecular weight excluding hydrogens is 288 g/mol. The second kappa shape index (κ2) is 7.24. The molecule has 2 N–H and O–H groups in total. The Kier molecular flexibility index (Phi) is 5.61. The number of quaternary nitrogens is 1. The zero-order valence-electron chi connectivity index (χ0n) is 12.8. The second-order valence-corrected chi connectivity index (χ2v) is 7.35. The minimum absolute atomic E-state index is 0.221. The number of likely N-dealkylation sites (tertiary alicyclic amines) is 1. The Morgan fingerprint density at radius 2 is 2.00 bits per heavy atom. The number of rotatable bonds is 7. The fourth-order valence-corrected chi connectivity index (χ4v) is 4.07. The average molecular weight is 313 g/mol. The van der Waals surface area contributed by atoms with E-state index in [0.717, 1.165) is 18.5 Å². The van der Waals surface area contributed by atoms with Crippen molar-refractivity contribution >= 4 is 10.0 Å². The van der Waals surface area contributed by atoms with Gasteiger partial charge in [-0.05, 0) is 24.6 Å². The average Bonchev–Trinajstić information content (AvgIpc) is 2.97. The number of hydrogen-bond donors (Lipinski definition) is 2. The van der Waals surface area contributed by atoms with Gasteiger partial charge in [0.15, 0.2) is 0 Å². The van der Waals surface area contributed by atoms with Crippen molar-refractivity contribution in [3.05, 3.63) is 23.8 Å². The van der Waals surface area contributed by atoms with E-state index in [2.05, 4.69) is 4.72 Å². The first-order chi connectivity index (χ1) is 10.0. The van der Waals surface area contributed by atoms with Crippen LogP contribution < -0.4 is 14.4 Å². The molecule has 1 aromatic carbocycles. The summed E-state index contributed by atoms with van der Waals surface area (Å²) in [7, 11) is -2.02. The molecule has 1 aliphatic heterocycles. The molecule has 0 unspecified atom stereocenters. The first-order valence-corrected chi connectivity index (χ1v) is 8.99. The Morgan fingerprint density at radius 3 is 2.67 bits per heavy atom. The van der Waals surface area contributed by atoms with Gasteiger partial charge in [0.25, 0.3) is 0 Å². The van der Waals surface area contributed by atoms with Crippen molar-refractivity contribution in [3.8, 4) is 5.75 Å². The van der Waals surface area contributed by atoms with Crippen LogP contribution in [0.2, 0.25) is 0 Å². The molecule has 0 atom stereocenters. The van der Waals surface area contributed by atoms with Crippen LogP contribution in [-0.2, 0) is 10.0 Å². The summed E-state index contributed by atoms with van der Waals surface area (Å²) >= 11 is 0. The van der Waals surface area contributed by atoms with Crippen LogP contribution in [0.15, 0.2) is 23.1 Å². The number of methoxy groups -OCH3 is 1. The van der Waals surface area contributed by atoms with Crippen LogP contribution >= 0.6 is 0 Å². The van der Waals surface area contributed by atoms with Crippen molar-refractivity contribution in [2.45, 2.75) is 31.1 Å². The van der Waals surface area contributed by atoms with Gasteiger partial charge in [0, 0.05) is 25.8 Å². The van der Waals surface area contributed by atoms with Gasteiger partial charge in [-0.15, -0.1) is 0 Å². The van der Waals surface area contributed by atoms with Gasteiger partial charge < -0.3 is 9.64 Å². The molecule has 21 heavy (non-hydrogen) atoms. The lowest BCUT2D eigenvalue weighted by molar-refractivity contribution is -0.887. The van der Waals surface area contributed by atoms with Gasteiger partial charge in [-0.3, -0.25) is 0 Å². The Bertz CT molecular complexity index is 566. The lowest BCUT2D eigenvalue weighted by atomic mass is 10.2. The Labute approximate surface area is 127 Å². The molecule has 0 saturated carbocycles. The number of hydrogen-bond acceptors (Lipinski definition) is 3. The summed E-state index contributed by atoms with van der Waals surface area (Å²) in [6.45, 7) is 5.82. The second-order valence-electron chi connectivity index (χ2n) is 5.61. The number of nitrogens with one attached hydrogen (secondary N) is 2. The third kappa shape index (κ3) is 4.43. The lowest BCUT2D eigenvalue weighted by Crippen LogP contribution is -3.10. The molecule has 5 nitrogen and oxygen atoms in total. The lowest BCUT2D eigenvalue weighted by Gasteiger charge is -2.13. The largest absolute Gasteiger partial charge is 0.495 e. The normalized spacial score (nSPS) is 16.3. The third-order valence-corrected chi connectivity index (χ3v) is 5.40. The van der Waals surface area contributed by atoms with E-state index in [1.165, 1.54) is 33.0 Å². The van der Waals surface area contributed by atoms with Gasteiger partial charge in [-0.25, -0.2) is 13.1 Å². The zero-order chi connectivity index (χ0) is 15.3. The predicted octanol–water partition coefficient (Wildman–Crippen LogP) is 0.351. The van der Waals surface area contributed by atoms with Crippen molar-refractivity contribution in [1.82, 2.24) is 4.72 Å². The maximum Gasteiger partial charge on any atom is 0.244 e. The van der Waals surface area contributed by atoms with E-state index in [1.807, 2.05) is 13.0 Å². The highest BCUT2D eigenvalue weighted by Crippen LogP contribution is 2.24. The van der Waals surface area contributed by atoms with Crippen LogP contribution in [-0.4, -0.2) is 41.7 Å². The Morgan fingerprint density at radius 1 is 1.29 bits per heavy atom. The third-order valence-electron chi connectivity index (χ3n) is 3.92. The van der Waals surface area contributed by atoms with Gasteiger partial charge >= 0.3 is 0 Å². The Hall–Kier alpha value is -1.11. The maximum atomic E-state index is 12.4. The molecule has 1 saturated heterocycles. The molecule has 6 heteroatoms. The van der Waals surface area contributed by atoms with E-state index in [4.69, 9.17) is 4.74 Å². The van der Waals surface area contributed by atoms with E-state index in [1.54, 1.807) is 17.0 Å². The highest BCUT2D eigenvalue weighted by molar-refractivity contribution is 7.89. The molecule has 0 radical (unpaired) electrons. The van der Waals surface area contributed by atoms with Gasteiger partial charge in [0.1, 0.15) is 10.6 Å². The predicted molar refractivity (Wildman–Crippen MR) is 82.3 cm³/mol. The first kappa shape index (κ1) is 16.3. The van der Waals surface area contributed by atoms with Crippen LogP contribution in [0.25, 0.3) is 0 Å². The summed E-state index contributed by atoms with van der Waals surface area (Å²) in [6, 6.07) is 5.18. The topological polar surface area (TPSA) is 59.8 Å². The number of benzene rings is 1. The van der Waals surface area contributed by atoms with Crippen molar-refractivity contribution in [1.29, 1.82) is 0 Å². The van der Waals surface area contributed by atoms with Crippen LogP contribution in [0.1, 0.15) is 24.8 Å². The zero-order valence-corrected chi connectivity index (χ0v) is 13.6. The highest BCUT2D eigenvalue weighted by Gasteiger charge is 2.20. The molecule has 1 heterocycles. The van der Waals surface area contributed by atoms with Gasteiger partial charge in [0.05, 0.1) is 26.7 Å².